The molecule has 0 saturated heterocycles. The highest BCUT2D eigenvalue weighted by molar-refractivity contribution is 7.80. The molecule has 1 heterocycles. The van der Waals surface area contributed by atoms with Gasteiger partial charge in [0.15, 0.2) is 5.96 Å². The molecule has 11 N–H and O–H groups in total. The molecule has 0 aliphatic heterocycles. The Labute approximate surface area is 230 Å². The van der Waals surface area contributed by atoms with E-state index in [1.165, 1.54) is 0 Å². The topological polar surface area (TPSA) is 231 Å². The van der Waals surface area contributed by atoms with Gasteiger partial charge in [0.1, 0.15) is 18.1 Å². The number of carbonyl (C=O) groups excluding carboxylic acids is 3. The molecule has 4 unspecified atom stereocenters. The van der Waals surface area contributed by atoms with E-state index >= 15 is 0 Å². The summed E-state index contributed by atoms with van der Waals surface area (Å²) in [5.41, 5.74) is 17.9. The van der Waals surface area contributed by atoms with E-state index in [1.54, 1.807) is 6.20 Å². The number of amides is 3. The number of para-hydroxylation sites is 1. The van der Waals surface area contributed by atoms with Crippen LogP contribution in [0.4, 0.5) is 0 Å². The van der Waals surface area contributed by atoms with E-state index in [4.69, 9.17) is 17.2 Å². The van der Waals surface area contributed by atoms with Crippen LogP contribution in [-0.4, -0.2) is 82.0 Å². The summed E-state index contributed by atoms with van der Waals surface area (Å²) in [4.78, 5) is 56.8. The second kappa shape index (κ2) is 15.1. The average molecular weight is 567 g/mol. The van der Waals surface area contributed by atoms with Crippen LogP contribution in [0.15, 0.2) is 35.5 Å². The van der Waals surface area contributed by atoms with Gasteiger partial charge in [0.2, 0.25) is 17.7 Å². The summed E-state index contributed by atoms with van der Waals surface area (Å²) < 4.78 is 0. The smallest absolute Gasteiger partial charge is 0.326 e. The van der Waals surface area contributed by atoms with Crippen LogP contribution in [0, 0.1) is 0 Å². The highest BCUT2D eigenvalue weighted by atomic mass is 32.1. The Bertz CT molecular complexity index is 1150. The third-order valence-corrected chi connectivity index (χ3v) is 6.38. The quantitative estimate of drug-likeness (QED) is 0.0526. The van der Waals surface area contributed by atoms with Crippen molar-refractivity contribution in [3.63, 3.8) is 0 Å². The Balaban J connectivity index is 1.96. The number of nitrogens with zero attached hydrogens (tertiary/aromatic N) is 1. The van der Waals surface area contributed by atoms with Gasteiger partial charge in [0.05, 0.1) is 6.04 Å². The molecule has 2 rings (SSSR count). The van der Waals surface area contributed by atoms with Gasteiger partial charge in [0.25, 0.3) is 0 Å². The highest BCUT2D eigenvalue weighted by Gasteiger charge is 2.29. The predicted molar refractivity (Wildman–Crippen MR) is 151 cm³/mol. The second-order valence-electron chi connectivity index (χ2n) is 8.51. The lowest BCUT2D eigenvalue weighted by molar-refractivity contribution is -0.142. The molecule has 3 amide bonds. The van der Waals surface area contributed by atoms with Crippen LogP contribution in [0.3, 0.4) is 0 Å². The maximum atomic E-state index is 12.9. The van der Waals surface area contributed by atoms with E-state index in [1.807, 2.05) is 24.3 Å². The minimum atomic E-state index is -1.25. The molecule has 0 radical (unpaired) electrons. The zero-order valence-electron chi connectivity index (χ0n) is 20.6. The zero-order valence-corrected chi connectivity index (χ0v) is 22.4. The number of aromatic nitrogens is 1. The Kier molecular flexibility index (Phi) is 12.2. The molecule has 38 heavy (non-hydrogen) atoms. The number of nitrogens with two attached hydrogens (primary N) is 3. The van der Waals surface area contributed by atoms with Crippen molar-refractivity contribution < 1.29 is 24.3 Å². The lowest BCUT2D eigenvalue weighted by Gasteiger charge is -2.23. The van der Waals surface area contributed by atoms with E-state index in [-0.39, 0.29) is 30.3 Å². The number of hydrogen-bond donors (Lipinski definition) is 10. The van der Waals surface area contributed by atoms with Gasteiger partial charge in [-0.15, -0.1) is 0 Å². The molecule has 0 saturated carbocycles. The Morgan fingerprint density at radius 2 is 1.53 bits per heavy atom. The number of aliphatic carboxylic acids is 1. The first-order chi connectivity index (χ1) is 18.1. The van der Waals surface area contributed by atoms with E-state index in [9.17, 15) is 24.3 Å². The number of aromatic amines is 1. The fraction of sp³-hybridized carbons (Fsp3) is 0.435. The summed E-state index contributed by atoms with van der Waals surface area (Å²) in [7, 11) is 0. The number of carboxylic acid groups (broad SMARTS) is 1. The number of carboxylic acids is 1. The number of carbonyl (C=O) groups is 4. The molecule has 15 heteroatoms. The summed E-state index contributed by atoms with van der Waals surface area (Å²) in [5.74, 6) is -3.50. The number of benzene rings is 1. The normalized spacial score (nSPS) is 14.1. The van der Waals surface area contributed by atoms with Gasteiger partial charge in [-0.2, -0.15) is 25.3 Å². The molecule has 13 nitrogen and oxygen atoms in total. The SMILES string of the molecule is NC(N)=NCCCC(N)C(=O)NC(CS)C(=O)NC(CS)C(=O)NC(Cc1c[nH]c2ccccc12)C(=O)O. The van der Waals surface area contributed by atoms with Crippen molar-refractivity contribution in [3.05, 3.63) is 36.0 Å². The lowest BCUT2D eigenvalue weighted by atomic mass is 10.0. The minimum absolute atomic E-state index is 0.0225. The third kappa shape index (κ3) is 9.15. The molecular formula is C23H34N8O5S2. The molecule has 4 atom stereocenters. The molecule has 208 valence electrons. The summed E-state index contributed by atoms with van der Waals surface area (Å²) in [6.07, 6.45) is 2.44. The van der Waals surface area contributed by atoms with Crippen LogP contribution in [-0.2, 0) is 25.6 Å². The van der Waals surface area contributed by atoms with Crippen LogP contribution in [0.5, 0.6) is 0 Å². The molecule has 1 aromatic carbocycles. The first kappa shape index (κ1) is 30.8. The van der Waals surface area contributed by atoms with Crippen molar-refractivity contribution in [2.45, 2.75) is 43.4 Å². The molecule has 0 bridgehead atoms. The van der Waals surface area contributed by atoms with Gasteiger partial charge in [-0.3, -0.25) is 19.4 Å². The highest BCUT2D eigenvalue weighted by Crippen LogP contribution is 2.19. The predicted octanol–water partition coefficient (Wildman–Crippen LogP) is -1.51. The van der Waals surface area contributed by atoms with E-state index < -0.39 is 47.9 Å². The van der Waals surface area contributed by atoms with Crippen LogP contribution in [0.2, 0.25) is 0 Å². The van der Waals surface area contributed by atoms with Crippen LogP contribution in [0.1, 0.15) is 18.4 Å². The van der Waals surface area contributed by atoms with E-state index in [2.05, 4.69) is 51.2 Å². The number of hydrogen-bond acceptors (Lipinski definition) is 8. The van der Waals surface area contributed by atoms with Crippen molar-refractivity contribution in [1.82, 2.24) is 20.9 Å². The van der Waals surface area contributed by atoms with Gasteiger partial charge in [-0.1, -0.05) is 18.2 Å². The average Bonchev–Trinajstić information content (AvgIpc) is 3.29. The van der Waals surface area contributed by atoms with Gasteiger partial charge in [0, 0.05) is 41.6 Å². The van der Waals surface area contributed by atoms with Gasteiger partial charge in [-0.05, 0) is 24.5 Å². The first-order valence-corrected chi connectivity index (χ1v) is 13.0. The van der Waals surface area contributed by atoms with Crippen LogP contribution < -0.4 is 33.2 Å². The largest absolute Gasteiger partial charge is 0.480 e. The standard InChI is InChI=1S/C23H34N8O5S2/c24-14(5-3-7-27-23(25)26)19(32)30-17(10-37)21(34)31-18(11-38)20(33)29-16(22(35)36)8-12-9-28-15-6-2-1-4-13(12)15/h1-2,4,6,9,14,16-18,28,37-38H,3,5,7-8,10-11,24H2,(H,29,33)(H,30,32)(H,31,34)(H,35,36)(H4,25,26,27). The maximum Gasteiger partial charge on any atom is 0.326 e. The molecule has 2 aromatic rings. The Morgan fingerprint density at radius 3 is 2.11 bits per heavy atom. The fourth-order valence-corrected chi connectivity index (χ4v) is 4.10. The Hall–Kier alpha value is -3.43. The summed E-state index contributed by atoms with van der Waals surface area (Å²) in [6.45, 7) is 0.302. The van der Waals surface area contributed by atoms with Crippen molar-refractivity contribution in [2.24, 2.45) is 22.2 Å². The molecule has 0 spiro atoms. The van der Waals surface area contributed by atoms with Crippen LogP contribution >= 0.6 is 25.3 Å². The van der Waals surface area contributed by atoms with Gasteiger partial charge < -0.3 is 43.2 Å². The summed E-state index contributed by atoms with van der Waals surface area (Å²) in [5, 5.41) is 18.0. The van der Waals surface area contributed by atoms with Crippen molar-refractivity contribution in [1.29, 1.82) is 0 Å². The summed E-state index contributed by atoms with van der Waals surface area (Å²) in [6, 6.07) is 2.96. The van der Waals surface area contributed by atoms with Crippen molar-refractivity contribution >= 4 is 65.8 Å². The monoisotopic (exact) mass is 566 g/mol. The molecule has 0 aliphatic carbocycles. The first-order valence-electron chi connectivity index (χ1n) is 11.8. The number of aliphatic imine (C=N–C) groups is 1. The summed E-state index contributed by atoms with van der Waals surface area (Å²) >= 11 is 8.23. The van der Waals surface area contributed by atoms with Crippen molar-refractivity contribution in [2.75, 3.05) is 18.1 Å². The number of nitrogens with one attached hydrogen (secondary N) is 4. The van der Waals surface area contributed by atoms with E-state index in [0.717, 1.165) is 10.9 Å². The molecule has 0 aliphatic rings. The third-order valence-electron chi connectivity index (χ3n) is 5.65. The van der Waals surface area contributed by atoms with Crippen molar-refractivity contribution in [3.8, 4) is 0 Å². The molecule has 0 fully saturated rings. The number of fused-ring (bicyclic) bond motifs is 1. The van der Waals surface area contributed by atoms with Gasteiger partial charge in [-0.25, -0.2) is 4.79 Å². The number of H-pyrrole nitrogens is 1. The number of thiol groups is 2. The Morgan fingerprint density at radius 1 is 0.947 bits per heavy atom. The van der Waals surface area contributed by atoms with Crippen LogP contribution in [0.25, 0.3) is 10.9 Å². The second-order valence-corrected chi connectivity index (χ2v) is 9.24. The maximum absolute atomic E-state index is 12.9. The lowest BCUT2D eigenvalue weighted by Crippen LogP contribution is -2.58. The van der Waals surface area contributed by atoms with Gasteiger partial charge >= 0.3 is 5.97 Å². The zero-order chi connectivity index (χ0) is 28.2. The number of guanidine groups is 1. The molecular weight excluding hydrogens is 532 g/mol. The fourth-order valence-electron chi connectivity index (χ4n) is 3.58. The van der Waals surface area contributed by atoms with E-state index in [0.29, 0.717) is 18.5 Å². The number of rotatable bonds is 15. The minimum Gasteiger partial charge on any atom is -0.480 e. The molecule has 1 aromatic heterocycles.